The van der Waals surface area contributed by atoms with Crippen LogP contribution in [-0.4, -0.2) is 17.7 Å². The van der Waals surface area contributed by atoms with E-state index in [9.17, 15) is 18.8 Å². The molecule has 5 nitrogen and oxygen atoms in total. The van der Waals surface area contributed by atoms with E-state index in [1.54, 1.807) is 54.6 Å². The molecule has 6 heteroatoms. The summed E-state index contributed by atoms with van der Waals surface area (Å²) >= 11 is 0. The number of nitrogens with one attached hydrogen (secondary N) is 1. The van der Waals surface area contributed by atoms with E-state index in [2.05, 4.69) is 5.32 Å². The van der Waals surface area contributed by atoms with Gasteiger partial charge >= 0.3 is 5.97 Å². The molecule has 0 saturated heterocycles. The Morgan fingerprint density at radius 2 is 1.65 bits per heavy atom. The number of rotatable bonds is 7. The standard InChI is InChI=1S/C25H20FNO4/c1-17(28)20-8-5-9-22(16-20)27-25(30)24(19-6-3-2-4-7-19)31-23(29)15-12-18-10-13-21(26)14-11-18/h2-16,24H,1H3,(H,27,30)/b15-12+/t24-/m0/s1. The van der Waals surface area contributed by atoms with Crippen LogP contribution in [0.1, 0.15) is 34.5 Å². The molecule has 0 saturated carbocycles. The van der Waals surface area contributed by atoms with Gasteiger partial charge < -0.3 is 10.1 Å². The van der Waals surface area contributed by atoms with Crippen LogP contribution in [0.4, 0.5) is 10.1 Å². The van der Waals surface area contributed by atoms with E-state index < -0.39 is 18.0 Å². The van der Waals surface area contributed by atoms with Crippen molar-refractivity contribution in [1.29, 1.82) is 0 Å². The SMILES string of the molecule is CC(=O)c1cccc(NC(=O)[C@@H](OC(=O)/C=C/c2ccc(F)cc2)c2ccccc2)c1. The predicted molar refractivity (Wildman–Crippen MR) is 116 cm³/mol. The van der Waals surface area contributed by atoms with Crippen LogP contribution < -0.4 is 5.32 Å². The molecule has 156 valence electrons. The molecule has 3 aromatic carbocycles. The molecule has 1 N–H and O–H groups in total. The molecule has 0 aliphatic heterocycles. The third-order valence-electron chi connectivity index (χ3n) is 4.39. The molecule has 0 bridgehead atoms. The average molecular weight is 417 g/mol. The fourth-order valence-corrected chi connectivity index (χ4v) is 2.82. The summed E-state index contributed by atoms with van der Waals surface area (Å²) in [5.41, 5.74) is 1.97. The molecule has 0 aliphatic carbocycles. The number of ketones is 1. The van der Waals surface area contributed by atoms with Crippen LogP contribution in [0, 0.1) is 5.82 Å². The van der Waals surface area contributed by atoms with E-state index >= 15 is 0 Å². The minimum Gasteiger partial charge on any atom is -0.444 e. The maximum Gasteiger partial charge on any atom is 0.331 e. The van der Waals surface area contributed by atoms with Gasteiger partial charge in [0.2, 0.25) is 6.10 Å². The van der Waals surface area contributed by atoms with Crippen molar-refractivity contribution in [2.24, 2.45) is 0 Å². The number of benzene rings is 3. The lowest BCUT2D eigenvalue weighted by molar-refractivity contribution is -0.149. The van der Waals surface area contributed by atoms with E-state index in [1.807, 2.05) is 0 Å². The van der Waals surface area contributed by atoms with E-state index in [4.69, 9.17) is 4.74 Å². The van der Waals surface area contributed by atoms with Crippen molar-refractivity contribution < 1.29 is 23.5 Å². The molecule has 0 spiro atoms. The Morgan fingerprint density at radius 1 is 0.935 bits per heavy atom. The maximum absolute atomic E-state index is 13.0. The number of carbonyl (C=O) groups excluding carboxylic acids is 3. The van der Waals surface area contributed by atoms with Gasteiger partial charge in [0.15, 0.2) is 5.78 Å². The Kier molecular flexibility index (Phi) is 7.06. The third kappa shape index (κ3) is 6.21. The van der Waals surface area contributed by atoms with Crippen molar-refractivity contribution in [3.63, 3.8) is 0 Å². The summed E-state index contributed by atoms with van der Waals surface area (Å²) < 4.78 is 18.4. The molecular weight excluding hydrogens is 397 g/mol. The second-order valence-electron chi connectivity index (χ2n) is 6.74. The minimum absolute atomic E-state index is 0.131. The Labute approximate surface area is 179 Å². The van der Waals surface area contributed by atoms with Gasteiger partial charge in [0, 0.05) is 22.9 Å². The Morgan fingerprint density at radius 3 is 2.32 bits per heavy atom. The molecule has 3 rings (SSSR count). The zero-order valence-electron chi connectivity index (χ0n) is 16.7. The first-order valence-corrected chi connectivity index (χ1v) is 9.53. The van der Waals surface area contributed by atoms with Crippen molar-refractivity contribution in [3.05, 3.63) is 107 Å². The number of anilines is 1. The van der Waals surface area contributed by atoms with Gasteiger partial charge in [-0.15, -0.1) is 0 Å². The maximum atomic E-state index is 13.0. The summed E-state index contributed by atoms with van der Waals surface area (Å²) in [4.78, 5) is 36.8. The van der Waals surface area contributed by atoms with E-state index in [0.29, 0.717) is 22.4 Å². The second-order valence-corrected chi connectivity index (χ2v) is 6.74. The van der Waals surface area contributed by atoms with Gasteiger partial charge in [0.25, 0.3) is 5.91 Å². The summed E-state index contributed by atoms with van der Waals surface area (Å²) in [5, 5.41) is 2.69. The number of hydrogen-bond acceptors (Lipinski definition) is 4. The number of Topliss-reactive ketones (excluding diaryl/α,β-unsaturated/α-hetero) is 1. The molecular formula is C25H20FNO4. The van der Waals surface area contributed by atoms with Gasteiger partial charge in [-0.05, 0) is 42.8 Å². The Balaban J connectivity index is 1.77. The van der Waals surface area contributed by atoms with E-state index in [1.165, 1.54) is 43.3 Å². The predicted octanol–water partition coefficient (Wildman–Crippen LogP) is 4.96. The highest BCUT2D eigenvalue weighted by atomic mass is 19.1. The van der Waals surface area contributed by atoms with E-state index in [-0.39, 0.29) is 11.6 Å². The average Bonchev–Trinajstić information content (AvgIpc) is 2.77. The van der Waals surface area contributed by atoms with Gasteiger partial charge in [0.1, 0.15) is 5.82 Å². The quantitative estimate of drug-likeness (QED) is 0.335. The summed E-state index contributed by atoms with van der Waals surface area (Å²) in [6.07, 6.45) is 1.44. The number of hydrogen-bond donors (Lipinski definition) is 1. The molecule has 3 aromatic rings. The van der Waals surface area contributed by atoms with Crippen LogP contribution in [0.25, 0.3) is 6.08 Å². The van der Waals surface area contributed by atoms with Crippen molar-refractivity contribution in [1.82, 2.24) is 0 Å². The summed E-state index contributed by atoms with van der Waals surface area (Å²) in [6.45, 7) is 1.43. The van der Waals surface area contributed by atoms with Crippen molar-refractivity contribution in [3.8, 4) is 0 Å². The van der Waals surface area contributed by atoms with Crippen molar-refractivity contribution >= 4 is 29.4 Å². The van der Waals surface area contributed by atoms with Gasteiger partial charge in [-0.1, -0.05) is 54.6 Å². The first kappa shape index (κ1) is 21.6. The fraction of sp³-hybridized carbons (Fsp3) is 0.0800. The number of ether oxygens (including phenoxy) is 1. The van der Waals surface area contributed by atoms with Crippen molar-refractivity contribution in [2.75, 3.05) is 5.32 Å². The van der Waals surface area contributed by atoms with Crippen LogP contribution >= 0.6 is 0 Å². The van der Waals surface area contributed by atoms with Gasteiger partial charge in [-0.2, -0.15) is 0 Å². The highest BCUT2D eigenvalue weighted by molar-refractivity contribution is 5.99. The topological polar surface area (TPSA) is 72.5 Å². The largest absolute Gasteiger partial charge is 0.444 e. The molecule has 1 amide bonds. The lowest BCUT2D eigenvalue weighted by atomic mass is 10.1. The third-order valence-corrected chi connectivity index (χ3v) is 4.39. The minimum atomic E-state index is -1.20. The van der Waals surface area contributed by atoms with Gasteiger partial charge in [0.05, 0.1) is 0 Å². The highest BCUT2D eigenvalue weighted by Crippen LogP contribution is 2.21. The number of amides is 1. The molecule has 0 aliphatic rings. The second kappa shape index (κ2) is 10.1. The zero-order chi connectivity index (χ0) is 22.2. The van der Waals surface area contributed by atoms with Crippen LogP contribution in [0.5, 0.6) is 0 Å². The Bertz CT molecular complexity index is 1110. The monoisotopic (exact) mass is 417 g/mol. The summed E-state index contributed by atoms with van der Waals surface area (Å²) in [6, 6.07) is 20.7. The van der Waals surface area contributed by atoms with Crippen LogP contribution in [0.15, 0.2) is 84.9 Å². The van der Waals surface area contributed by atoms with Crippen LogP contribution in [0.3, 0.4) is 0 Å². The fourth-order valence-electron chi connectivity index (χ4n) is 2.82. The normalized spacial score (nSPS) is 11.7. The van der Waals surface area contributed by atoms with Gasteiger partial charge in [-0.3, -0.25) is 9.59 Å². The van der Waals surface area contributed by atoms with E-state index in [0.717, 1.165) is 0 Å². The first-order chi connectivity index (χ1) is 14.9. The smallest absolute Gasteiger partial charge is 0.331 e. The molecule has 0 radical (unpaired) electrons. The van der Waals surface area contributed by atoms with Gasteiger partial charge in [-0.25, -0.2) is 9.18 Å². The van der Waals surface area contributed by atoms with Crippen LogP contribution in [-0.2, 0) is 14.3 Å². The molecule has 31 heavy (non-hydrogen) atoms. The number of carbonyl (C=O) groups is 3. The highest BCUT2D eigenvalue weighted by Gasteiger charge is 2.24. The summed E-state index contributed by atoms with van der Waals surface area (Å²) in [5.74, 6) is -1.80. The molecule has 0 aromatic heterocycles. The van der Waals surface area contributed by atoms with Crippen LogP contribution in [0.2, 0.25) is 0 Å². The molecule has 0 fully saturated rings. The molecule has 0 heterocycles. The molecule has 1 atom stereocenters. The molecule has 0 unspecified atom stereocenters. The Hall–Kier alpha value is -4.06. The number of esters is 1. The summed E-state index contributed by atoms with van der Waals surface area (Å²) in [7, 11) is 0. The zero-order valence-corrected chi connectivity index (χ0v) is 16.7. The lowest BCUT2D eigenvalue weighted by Crippen LogP contribution is -2.25. The lowest BCUT2D eigenvalue weighted by Gasteiger charge is -2.17. The van der Waals surface area contributed by atoms with Crippen molar-refractivity contribution in [2.45, 2.75) is 13.0 Å². The number of halogens is 1. The first-order valence-electron chi connectivity index (χ1n) is 9.53.